The molecule has 1 aromatic heterocycles. The average Bonchev–Trinajstić information content (AvgIpc) is 2.65. The lowest BCUT2D eigenvalue weighted by molar-refractivity contribution is 0.100. The molecule has 96 valence electrons. The van der Waals surface area contributed by atoms with E-state index < -0.39 is 5.91 Å². The van der Waals surface area contributed by atoms with E-state index in [9.17, 15) is 4.79 Å². The first-order chi connectivity index (χ1) is 8.06. The van der Waals surface area contributed by atoms with Crippen LogP contribution in [-0.4, -0.2) is 28.5 Å². The summed E-state index contributed by atoms with van der Waals surface area (Å²) in [5, 5.41) is 12.6. The molecule has 1 heterocycles. The molecule has 0 aliphatic carbocycles. The number of nitrogens with two attached hydrogens (primary N) is 2. The van der Waals surface area contributed by atoms with Crippen LogP contribution in [0, 0.1) is 5.92 Å². The molecule has 1 unspecified atom stereocenters. The minimum absolute atomic E-state index is 0.175. The van der Waals surface area contributed by atoms with Crippen molar-refractivity contribution < 1.29 is 9.90 Å². The summed E-state index contributed by atoms with van der Waals surface area (Å²) < 4.78 is 3.88. The van der Waals surface area contributed by atoms with Crippen LogP contribution in [0.4, 0.5) is 10.8 Å². The van der Waals surface area contributed by atoms with E-state index in [4.69, 9.17) is 16.6 Å². The summed E-state index contributed by atoms with van der Waals surface area (Å²) in [6.45, 7) is 2.88. The fourth-order valence-corrected chi connectivity index (χ4v) is 2.15. The first-order valence-electron chi connectivity index (χ1n) is 5.46. The summed E-state index contributed by atoms with van der Waals surface area (Å²) >= 11 is 1.13. The number of nitrogens with one attached hydrogen (secondary N) is 1. The number of amides is 1. The van der Waals surface area contributed by atoms with Gasteiger partial charge >= 0.3 is 0 Å². The molecule has 17 heavy (non-hydrogen) atoms. The van der Waals surface area contributed by atoms with Gasteiger partial charge in [0.2, 0.25) is 0 Å². The molecule has 0 fully saturated rings. The van der Waals surface area contributed by atoms with Crippen molar-refractivity contribution in [1.82, 2.24) is 4.37 Å². The number of nitrogen functional groups attached to an aromatic ring is 1. The van der Waals surface area contributed by atoms with Gasteiger partial charge in [0.15, 0.2) is 5.82 Å². The third-order valence-corrected chi connectivity index (χ3v) is 3.25. The highest BCUT2D eigenvalue weighted by atomic mass is 32.1. The van der Waals surface area contributed by atoms with Gasteiger partial charge in [-0.15, -0.1) is 0 Å². The first-order valence-corrected chi connectivity index (χ1v) is 6.23. The van der Waals surface area contributed by atoms with Gasteiger partial charge in [0, 0.05) is 13.2 Å². The Bertz CT molecular complexity index is 380. The Morgan fingerprint density at radius 1 is 1.65 bits per heavy atom. The van der Waals surface area contributed by atoms with E-state index in [2.05, 4.69) is 9.69 Å². The Morgan fingerprint density at radius 2 is 2.35 bits per heavy atom. The van der Waals surface area contributed by atoms with Gasteiger partial charge in [-0.3, -0.25) is 4.79 Å². The molecule has 6 nitrogen and oxygen atoms in total. The number of carbonyl (C=O) groups is 1. The highest BCUT2D eigenvalue weighted by Crippen LogP contribution is 2.26. The molecule has 0 aliphatic rings. The summed E-state index contributed by atoms with van der Waals surface area (Å²) in [7, 11) is 0. The largest absolute Gasteiger partial charge is 0.396 e. The first kappa shape index (κ1) is 13.7. The zero-order valence-corrected chi connectivity index (χ0v) is 10.6. The van der Waals surface area contributed by atoms with Crippen LogP contribution in [0.25, 0.3) is 0 Å². The third-order valence-electron chi connectivity index (χ3n) is 2.44. The molecule has 0 saturated carbocycles. The molecule has 1 aromatic rings. The van der Waals surface area contributed by atoms with E-state index >= 15 is 0 Å². The Balaban J connectivity index is 2.44. The topological polar surface area (TPSA) is 114 Å². The van der Waals surface area contributed by atoms with Crippen molar-refractivity contribution in [1.29, 1.82) is 0 Å². The molecular weight excluding hydrogens is 240 g/mol. The zero-order chi connectivity index (χ0) is 12.8. The van der Waals surface area contributed by atoms with Crippen molar-refractivity contribution in [2.24, 2.45) is 11.7 Å². The number of aliphatic hydroxyl groups is 1. The van der Waals surface area contributed by atoms with Gasteiger partial charge in [-0.05, 0) is 30.3 Å². The number of rotatable bonds is 7. The fourth-order valence-electron chi connectivity index (χ4n) is 1.40. The van der Waals surface area contributed by atoms with E-state index in [1.807, 2.05) is 6.92 Å². The molecule has 0 saturated heterocycles. The summed E-state index contributed by atoms with van der Waals surface area (Å²) in [6.07, 6.45) is 1.82. The van der Waals surface area contributed by atoms with Crippen LogP contribution < -0.4 is 16.8 Å². The van der Waals surface area contributed by atoms with Crippen molar-refractivity contribution in [2.45, 2.75) is 19.8 Å². The van der Waals surface area contributed by atoms with Crippen molar-refractivity contribution in [3.63, 3.8) is 0 Å². The number of nitrogens with zero attached hydrogens (tertiary/aromatic N) is 1. The predicted molar refractivity (Wildman–Crippen MR) is 69.0 cm³/mol. The van der Waals surface area contributed by atoms with Gasteiger partial charge in [-0.1, -0.05) is 6.92 Å². The molecule has 0 radical (unpaired) electrons. The highest BCUT2D eigenvalue weighted by Gasteiger charge is 2.16. The Morgan fingerprint density at radius 3 is 2.94 bits per heavy atom. The Hall–Kier alpha value is -1.34. The summed E-state index contributed by atoms with van der Waals surface area (Å²) in [5.74, 6) is -0.102. The van der Waals surface area contributed by atoms with Crippen LogP contribution in [0.15, 0.2) is 0 Å². The van der Waals surface area contributed by atoms with E-state index in [1.54, 1.807) is 0 Å². The number of primary amides is 1. The predicted octanol–water partition coefficient (Wildman–Crippen LogP) is 0.645. The molecule has 1 amide bonds. The smallest absolute Gasteiger partial charge is 0.255 e. The van der Waals surface area contributed by atoms with E-state index in [0.717, 1.165) is 24.4 Å². The van der Waals surface area contributed by atoms with Gasteiger partial charge < -0.3 is 21.9 Å². The number of aliphatic hydroxyl groups excluding tert-OH is 1. The summed E-state index contributed by atoms with van der Waals surface area (Å²) in [5.41, 5.74) is 11.0. The van der Waals surface area contributed by atoms with Crippen LogP contribution in [0.5, 0.6) is 0 Å². The van der Waals surface area contributed by atoms with Crippen molar-refractivity contribution >= 4 is 28.3 Å². The maximum absolute atomic E-state index is 11.1. The van der Waals surface area contributed by atoms with Crippen molar-refractivity contribution in [3.8, 4) is 0 Å². The molecule has 0 bridgehead atoms. The average molecular weight is 258 g/mol. The van der Waals surface area contributed by atoms with E-state index in [0.29, 0.717) is 17.5 Å². The molecule has 0 aromatic carbocycles. The highest BCUT2D eigenvalue weighted by molar-refractivity contribution is 7.11. The SMILES string of the molecule is CC(CO)CCCNc1snc(N)c1C(N)=O. The van der Waals surface area contributed by atoms with Gasteiger partial charge in [-0.2, -0.15) is 4.37 Å². The number of anilines is 2. The van der Waals surface area contributed by atoms with Crippen LogP contribution in [0.2, 0.25) is 0 Å². The Kier molecular flexibility index (Phi) is 5.17. The zero-order valence-electron chi connectivity index (χ0n) is 9.77. The van der Waals surface area contributed by atoms with Gasteiger partial charge in [0.05, 0.1) is 0 Å². The summed E-state index contributed by atoms with van der Waals surface area (Å²) in [6, 6.07) is 0. The number of aromatic nitrogens is 1. The number of carbonyl (C=O) groups excluding carboxylic acids is 1. The van der Waals surface area contributed by atoms with Crippen molar-refractivity contribution in [2.75, 3.05) is 24.2 Å². The second-order valence-corrected chi connectivity index (χ2v) is 4.77. The van der Waals surface area contributed by atoms with Crippen molar-refractivity contribution in [3.05, 3.63) is 5.56 Å². The maximum Gasteiger partial charge on any atom is 0.255 e. The minimum atomic E-state index is -0.567. The van der Waals surface area contributed by atoms with Gasteiger partial charge in [-0.25, -0.2) is 0 Å². The Labute approximate surface area is 104 Å². The van der Waals surface area contributed by atoms with Crippen LogP contribution in [0.1, 0.15) is 30.1 Å². The maximum atomic E-state index is 11.1. The van der Waals surface area contributed by atoms with Crippen LogP contribution in [-0.2, 0) is 0 Å². The van der Waals surface area contributed by atoms with Crippen LogP contribution >= 0.6 is 11.5 Å². The van der Waals surface area contributed by atoms with Gasteiger partial charge in [0.1, 0.15) is 10.6 Å². The molecule has 0 aliphatic heterocycles. The molecule has 0 spiro atoms. The van der Waals surface area contributed by atoms with E-state index in [1.165, 1.54) is 0 Å². The number of hydrogen-bond acceptors (Lipinski definition) is 6. The lowest BCUT2D eigenvalue weighted by atomic mass is 10.1. The van der Waals surface area contributed by atoms with Gasteiger partial charge in [0.25, 0.3) is 5.91 Å². The van der Waals surface area contributed by atoms with E-state index in [-0.39, 0.29) is 18.0 Å². The standard InChI is InChI=1S/C10H18N4O2S/c1-6(5-15)3-2-4-13-10-7(9(12)16)8(11)14-17-10/h6,13,15H,2-5H2,1H3,(H2,11,14)(H2,12,16). The molecule has 7 heteroatoms. The summed E-state index contributed by atoms with van der Waals surface area (Å²) in [4.78, 5) is 11.1. The minimum Gasteiger partial charge on any atom is -0.396 e. The molecule has 1 atom stereocenters. The molecular formula is C10H18N4O2S. The second-order valence-electron chi connectivity index (χ2n) is 3.99. The fraction of sp³-hybridized carbons (Fsp3) is 0.600. The molecule has 1 rings (SSSR count). The quantitative estimate of drug-likeness (QED) is 0.536. The normalized spacial score (nSPS) is 12.4. The van der Waals surface area contributed by atoms with Crippen LogP contribution in [0.3, 0.4) is 0 Å². The third kappa shape index (κ3) is 3.86. The number of hydrogen-bond donors (Lipinski definition) is 4. The second kappa shape index (κ2) is 6.41. The lowest BCUT2D eigenvalue weighted by Crippen LogP contribution is -2.15. The lowest BCUT2D eigenvalue weighted by Gasteiger charge is -2.08. The monoisotopic (exact) mass is 258 g/mol. The molecule has 6 N–H and O–H groups in total.